The molecule has 6 heteroatoms. The fourth-order valence-corrected chi connectivity index (χ4v) is 2.22. The molecular formula is C14H15ClO5. The number of benzene rings is 1. The Hall–Kier alpha value is -1.75. The van der Waals surface area contributed by atoms with Crippen molar-refractivity contribution in [1.82, 2.24) is 0 Å². The second-order valence-electron chi connectivity index (χ2n) is 4.76. The summed E-state index contributed by atoms with van der Waals surface area (Å²) < 4.78 is 10.8. The van der Waals surface area contributed by atoms with Crippen LogP contribution in [-0.4, -0.2) is 30.1 Å². The Morgan fingerprint density at radius 1 is 1.20 bits per heavy atom. The zero-order valence-electron chi connectivity index (χ0n) is 11.2. The summed E-state index contributed by atoms with van der Waals surface area (Å²) >= 11 is 6.06. The maximum Gasteiger partial charge on any atom is 0.306 e. The molecule has 0 aliphatic carbocycles. The van der Waals surface area contributed by atoms with Crippen molar-refractivity contribution in [3.8, 4) is 11.5 Å². The van der Waals surface area contributed by atoms with E-state index in [1.54, 1.807) is 13.0 Å². The van der Waals surface area contributed by atoms with Crippen LogP contribution < -0.4 is 9.47 Å². The molecule has 1 aromatic carbocycles. The van der Waals surface area contributed by atoms with Crippen LogP contribution in [0.15, 0.2) is 12.1 Å². The van der Waals surface area contributed by atoms with Gasteiger partial charge in [0.15, 0.2) is 17.3 Å². The van der Waals surface area contributed by atoms with E-state index in [0.29, 0.717) is 35.3 Å². The quantitative estimate of drug-likeness (QED) is 0.865. The molecule has 1 aliphatic heterocycles. The fraction of sp³-hybridized carbons (Fsp3) is 0.429. The lowest BCUT2D eigenvalue weighted by atomic mass is 9.88. The first kappa shape index (κ1) is 14.7. The molecule has 108 valence electrons. The highest BCUT2D eigenvalue weighted by Gasteiger charge is 2.28. The molecule has 0 radical (unpaired) electrons. The van der Waals surface area contributed by atoms with Crippen LogP contribution in [0.1, 0.15) is 24.2 Å². The van der Waals surface area contributed by atoms with Gasteiger partial charge in [-0.25, -0.2) is 0 Å². The molecule has 1 N–H and O–H groups in total. The average molecular weight is 299 g/mol. The summed E-state index contributed by atoms with van der Waals surface area (Å²) in [4.78, 5) is 23.3. The number of carbonyl (C=O) groups excluding carboxylic acids is 1. The van der Waals surface area contributed by atoms with Gasteiger partial charge in [0.2, 0.25) is 0 Å². The van der Waals surface area contributed by atoms with Gasteiger partial charge in [0, 0.05) is 11.5 Å². The van der Waals surface area contributed by atoms with Gasteiger partial charge >= 0.3 is 5.97 Å². The molecule has 0 bridgehead atoms. The third-order valence-corrected chi connectivity index (χ3v) is 3.72. The van der Waals surface area contributed by atoms with Crippen LogP contribution in [0.4, 0.5) is 0 Å². The van der Waals surface area contributed by atoms with Crippen LogP contribution in [0, 0.1) is 11.8 Å². The predicted octanol–water partition coefficient (Wildman–Crippen LogP) is 2.65. The number of carbonyl (C=O) groups is 2. The van der Waals surface area contributed by atoms with E-state index < -0.39 is 17.8 Å². The maximum absolute atomic E-state index is 12.3. The minimum atomic E-state index is -1.01. The van der Waals surface area contributed by atoms with Gasteiger partial charge in [-0.3, -0.25) is 9.59 Å². The van der Waals surface area contributed by atoms with Crippen molar-refractivity contribution in [2.24, 2.45) is 11.8 Å². The predicted molar refractivity (Wildman–Crippen MR) is 72.7 cm³/mol. The zero-order chi connectivity index (χ0) is 14.9. The third kappa shape index (κ3) is 2.72. The lowest BCUT2D eigenvalue weighted by molar-refractivity contribution is -0.142. The van der Waals surface area contributed by atoms with Gasteiger partial charge in [0.25, 0.3) is 0 Å². The smallest absolute Gasteiger partial charge is 0.306 e. The number of Topliss-reactive ketones (excluding diaryl/α,β-unsaturated/α-hetero) is 1. The van der Waals surface area contributed by atoms with Crippen molar-refractivity contribution in [2.75, 3.05) is 13.2 Å². The Morgan fingerprint density at radius 2 is 1.85 bits per heavy atom. The summed E-state index contributed by atoms with van der Waals surface area (Å²) in [6.07, 6.45) is 0. The molecular weight excluding hydrogens is 284 g/mol. The Morgan fingerprint density at radius 3 is 2.50 bits per heavy atom. The lowest BCUT2D eigenvalue weighted by Gasteiger charge is -2.21. The van der Waals surface area contributed by atoms with Crippen LogP contribution >= 0.6 is 11.6 Å². The number of aliphatic carboxylic acids is 1. The van der Waals surface area contributed by atoms with E-state index in [-0.39, 0.29) is 5.78 Å². The summed E-state index contributed by atoms with van der Waals surface area (Å²) in [5.74, 6) is -1.86. The van der Waals surface area contributed by atoms with Crippen LogP contribution in [0.2, 0.25) is 5.02 Å². The number of ether oxygens (including phenoxy) is 2. The second-order valence-corrected chi connectivity index (χ2v) is 5.17. The molecule has 0 saturated heterocycles. The first-order valence-corrected chi connectivity index (χ1v) is 6.65. The van der Waals surface area contributed by atoms with Gasteiger partial charge in [-0.2, -0.15) is 0 Å². The molecule has 0 saturated carbocycles. The number of hydrogen-bond acceptors (Lipinski definition) is 4. The van der Waals surface area contributed by atoms with Gasteiger partial charge in [-0.1, -0.05) is 25.4 Å². The molecule has 2 rings (SSSR count). The molecule has 0 amide bonds. The van der Waals surface area contributed by atoms with E-state index in [0.717, 1.165) is 0 Å². The van der Waals surface area contributed by atoms with E-state index in [1.807, 2.05) is 0 Å². The van der Waals surface area contributed by atoms with Crippen molar-refractivity contribution in [2.45, 2.75) is 13.8 Å². The molecule has 2 atom stereocenters. The number of fused-ring (bicyclic) bond motifs is 1. The van der Waals surface area contributed by atoms with E-state index in [4.69, 9.17) is 26.2 Å². The normalized spacial score (nSPS) is 16.4. The molecule has 0 spiro atoms. The van der Waals surface area contributed by atoms with E-state index >= 15 is 0 Å². The van der Waals surface area contributed by atoms with Crippen LogP contribution in [0.5, 0.6) is 11.5 Å². The van der Waals surface area contributed by atoms with Crippen LogP contribution in [0.3, 0.4) is 0 Å². The number of rotatable bonds is 4. The Kier molecular flexibility index (Phi) is 4.18. The summed E-state index contributed by atoms with van der Waals surface area (Å²) in [5, 5.41) is 9.26. The highest BCUT2D eigenvalue weighted by molar-refractivity contribution is 6.32. The molecule has 20 heavy (non-hydrogen) atoms. The highest BCUT2D eigenvalue weighted by Crippen LogP contribution is 2.39. The molecule has 0 aromatic heterocycles. The monoisotopic (exact) mass is 298 g/mol. The second kappa shape index (κ2) is 5.71. The topological polar surface area (TPSA) is 72.8 Å². The number of hydrogen-bond donors (Lipinski definition) is 1. The molecule has 1 aliphatic rings. The standard InChI is InChI=1S/C14H15ClO5/c1-7(8(2)14(17)18)12(16)9-5-10(15)13-11(6-9)19-3-4-20-13/h5-8H,3-4H2,1-2H3,(H,17,18). The van der Waals surface area contributed by atoms with E-state index in [1.165, 1.54) is 13.0 Å². The first-order chi connectivity index (χ1) is 9.41. The van der Waals surface area contributed by atoms with Crippen LogP contribution in [-0.2, 0) is 4.79 Å². The number of carboxylic acid groups (broad SMARTS) is 1. The summed E-state index contributed by atoms with van der Waals surface area (Å²) in [5.41, 5.74) is 0.333. The molecule has 1 heterocycles. The summed E-state index contributed by atoms with van der Waals surface area (Å²) in [6.45, 7) is 3.89. The SMILES string of the molecule is CC(C(=O)O)C(C)C(=O)c1cc(Cl)c2c(c1)OCCO2. The molecule has 2 unspecified atom stereocenters. The first-order valence-electron chi connectivity index (χ1n) is 6.28. The number of ketones is 1. The summed E-state index contributed by atoms with van der Waals surface area (Å²) in [6, 6.07) is 3.04. The number of carboxylic acids is 1. The van der Waals surface area contributed by atoms with Gasteiger partial charge < -0.3 is 14.6 Å². The van der Waals surface area contributed by atoms with Crippen molar-refractivity contribution in [1.29, 1.82) is 0 Å². The Balaban J connectivity index is 2.31. The molecule has 1 aromatic rings. The Labute approximate surface area is 121 Å². The largest absolute Gasteiger partial charge is 0.486 e. The van der Waals surface area contributed by atoms with E-state index in [9.17, 15) is 9.59 Å². The molecule has 5 nitrogen and oxygen atoms in total. The van der Waals surface area contributed by atoms with Gasteiger partial charge in [0.05, 0.1) is 10.9 Å². The lowest BCUT2D eigenvalue weighted by Crippen LogP contribution is -2.25. The minimum absolute atomic E-state index is 0.279. The fourth-order valence-electron chi connectivity index (χ4n) is 1.96. The number of halogens is 1. The Bertz CT molecular complexity index is 555. The van der Waals surface area contributed by atoms with Crippen LogP contribution in [0.25, 0.3) is 0 Å². The third-order valence-electron chi connectivity index (χ3n) is 3.43. The van der Waals surface area contributed by atoms with Gasteiger partial charge in [0.1, 0.15) is 13.2 Å². The van der Waals surface area contributed by atoms with Crippen molar-refractivity contribution >= 4 is 23.4 Å². The van der Waals surface area contributed by atoms with E-state index in [2.05, 4.69) is 0 Å². The zero-order valence-corrected chi connectivity index (χ0v) is 11.9. The van der Waals surface area contributed by atoms with Gasteiger partial charge in [-0.15, -0.1) is 0 Å². The van der Waals surface area contributed by atoms with Crippen molar-refractivity contribution in [3.63, 3.8) is 0 Å². The highest BCUT2D eigenvalue weighted by atomic mass is 35.5. The summed E-state index contributed by atoms with van der Waals surface area (Å²) in [7, 11) is 0. The van der Waals surface area contributed by atoms with Gasteiger partial charge in [-0.05, 0) is 12.1 Å². The minimum Gasteiger partial charge on any atom is -0.486 e. The van der Waals surface area contributed by atoms with Crippen molar-refractivity contribution in [3.05, 3.63) is 22.7 Å². The molecule has 0 fully saturated rings. The average Bonchev–Trinajstić information content (AvgIpc) is 2.44. The maximum atomic E-state index is 12.3. The van der Waals surface area contributed by atoms with Crippen molar-refractivity contribution < 1.29 is 24.2 Å².